The van der Waals surface area contributed by atoms with Gasteiger partial charge in [0.1, 0.15) is 5.82 Å². The van der Waals surface area contributed by atoms with Gasteiger partial charge in [-0.3, -0.25) is 4.79 Å². The highest BCUT2D eigenvalue weighted by Crippen LogP contribution is 2.33. The second kappa shape index (κ2) is 7.58. The first-order valence-corrected chi connectivity index (χ1v) is 9.57. The molecule has 2 aromatic heterocycles. The van der Waals surface area contributed by atoms with Crippen LogP contribution in [0.4, 0.5) is 4.79 Å². The van der Waals surface area contributed by atoms with E-state index in [2.05, 4.69) is 19.2 Å². The zero-order valence-electron chi connectivity index (χ0n) is 16.8. The van der Waals surface area contributed by atoms with E-state index in [-0.39, 0.29) is 24.0 Å². The van der Waals surface area contributed by atoms with Gasteiger partial charge < -0.3 is 19.5 Å². The molecule has 3 amide bonds. The molecule has 0 aromatic carbocycles. The van der Waals surface area contributed by atoms with Crippen LogP contribution in [0.5, 0.6) is 0 Å². The Bertz CT molecular complexity index is 842. The summed E-state index contributed by atoms with van der Waals surface area (Å²) in [4.78, 5) is 33.6. The molecule has 3 heterocycles. The number of hydrogen-bond donors (Lipinski definition) is 1. The quantitative estimate of drug-likeness (QED) is 0.898. The number of aromatic nitrogens is 2. The molecule has 0 bridgehead atoms. The Morgan fingerprint density at radius 1 is 1.26 bits per heavy atom. The molecule has 7 heteroatoms. The van der Waals surface area contributed by atoms with E-state index in [0.29, 0.717) is 18.2 Å². The van der Waals surface area contributed by atoms with E-state index in [1.807, 2.05) is 40.6 Å². The molecule has 1 saturated heterocycles. The summed E-state index contributed by atoms with van der Waals surface area (Å²) in [5.74, 6) is 0.917. The first-order chi connectivity index (χ1) is 12.8. The Morgan fingerprint density at radius 2 is 2.00 bits per heavy atom. The van der Waals surface area contributed by atoms with E-state index < -0.39 is 0 Å². The number of nitrogens with zero attached hydrogens (tertiary/aromatic N) is 4. The fraction of sp³-hybridized carbons (Fsp3) is 0.550. The maximum absolute atomic E-state index is 12.8. The molecule has 0 aliphatic carbocycles. The highest BCUT2D eigenvalue weighted by Gasteiger charge is 2.35. The molecule has 1 aliphatic heterocycles. The standard InChI is InChI=1S/C20H29N5O2/c1-13(2)14(3)21-19(26)17-15-9-6-7-11-24(15)18(22-17)16-10-8-12-25(16)20(27)23(4)5/h6-7,9,11,13-14,16H,8,10,12H2,1-5H3,(H,21,26). The van der Waals surface area contributed by atoms with Crippen molar-refractivity contribution in [3.63, 3.8) is 0 Å². The number of urea groups is 1. The molecule has 7 nitrogen and oxygen atoms in total. The van der Waals surface area contributed by atoms with Crippen LogP contribution in [-0.2, 0) is 0 Å². The van der Waals surface area contributed by atoms with Gasteiger partial charge >= 0.3 is 6.03 Å². The van der Waals surface area contributed by atoms with Crippen molar-refractivity contribution in [2.24, 2.45) is 5.92 Å². The minimum Gasteiger partial charge on any atom is -0.348 e. The van der Waals surface area contributed by atoms with E-state index >= 15 is 0 Å². The normalized spacial score (nSPS) is 18.1. The molecule has 2 atom stereocenters. The number of hydrogen-bond acceptors (Lipinski definition) is 3. The number of fused-ring (bicyclic) bond motifs is 1. The number of carbonyl (C=O) groups is 2. The molecule has 1 fully saturated rings. The van der Waals surface area contributed by atoms with Crippen molar-refractivity contribution in [1.29, 1.82) is 0 Å². The Balaban J connectivity index is 2.00. The zero-order chi connectivity index (χ0) is 19.7. The van der Waals surface area contributed by atoms with Crippen molar-refractivity contribution in [2.75, 3.05) is 20.6 Å². The van der Waals surface area contributed by atoms with Gasteiger partial charge in [-0.15, -0.1) is 0 Å². The third kappa shape index (κ3) is 3.63. The fourth-order valence-corrected chi connectivity index (χ4v) is 3.43. The van der Waals surface area contributed by atoms with Crippen molar-refractivity contribution in [3.8, 4) is 0 Å². The molecule has 0 spiro atoms. The first kappa shape index (κ1) is 19.2. The van der Waals surface area contributed by atoms with Gasteiger partial charge in [0.15, 0.2) is 5.69 Å². The molecule has 1 N–H and O–H groups in total. The van der Waals surface area contributed by atoms with Crippen LogP contribution in [0.15, 0.2) is 24.4 Å². The Morgan fingerprint density at radius 3 is 2.67 bits per heavy atom. The largest absolute Gasteiger partial charge is 0.348 e. The van der Waals surface area contributed by atoms with Gasteiger partial charge in [0.25, 0.3) is 5.91 Å². The molecular formula is C20H29N5O2. The topological polar surface area (TPSA) is 70.0 Å². The summed E-state index contributed by atoms with van der Waals surface area (Å²) in [6, 6.07) is 5.63. The summed E-state index contributed by atoms with van der Waals surface area (Å²) in [5.41, 5.74) is 1.19. The predicted octanol–water partition coefficient (Wildman–Crippen LogP) is 2.93. The molecule has 0 saturated carbocycles. The van der Waals surface area contributed by atoms with Gasteiger partial charge in [0.2, 0.25) is 0 Å². The minimum absolute atomic E-state index is 0.0235. The summed E-state index contributed by atoms with van der Waals surface area (Å²) in [6.45, 7) is 6.85. The van der Waals surface area contributed by atoms with E-state index in [4.69, 9.17) is 4.98 Å². The van der Waals surface area contributed by atoms with Crippen LogP contribution < -0.4 is 5.32 Å². The summed E-state index contributed by atoms with van der Waals surface area (Å²) in [6.07, 6.45) is 3.69. The van der Waals surface area contributed by atoms with Crippen molar-refractivity contribution >= 4 is 17.5 Å². The van der Waals surface area contributed by atoms with Gasteiger partial charge in [-0.05, 0) is 37.8 Å². The van der Waals surface area contributed by atoms with Gasteiger partial charge in [0, 0.05) is 32.9 Å². The van der Waals surface area contributed by atoms with Crippen molar-refractivity contribution in [1.82, 2.24) is 24.5 Å². The SMILES string of the molecule is CC(C)C(C)NC(=O)c1nc(C2CCCN2C(=O)N(C)C)n2ccccc12. The van der Waals surface area contributed by atoms with Crippen molar-refractivity contribution in [3.05, 3.63) is 35.9 Å². The van der Waals surface area contributed by atoms with E-state index in [9.17, 15) is 9.59 Å². The molecule has 2 aromatic rings. The van der Waals surface area contributed by atoms with Crippen LogP contribution in [0.25, 0.3) is 5.52 Å². The molecule has 3 rings (SSSR count). The Labute approximate surface area is 160 Å². The molecule has 27 heavy (non-hydrogen) atoms. The van der Waals surface area contributed by atoms with E-state index in [0.717, 1.165) is 24.2 Å². The van der Waals surface area contributed by atoms with Gasteiger partial charge in [-0.2, -0.15) is 0 Å². The van der Waals surface area contributed by atoms with E-state index in [1.54, 1.807) is 19.0 Å². The van der Waals surface area contributed by atoms with Crippen molar-refractivity contribution < 1.29 is 9.59 Å². The number of pyridine rings is 1. The van der Waals surface area contributed by atoms with Crippen LogP contribution in [-0.4, -0.2) is 57.8 Å². The second-order valence-corrected chi connectivity index (χ2v) is 7.81. The Hall–Kier alpha value is -2.57. The molecule has 2 unspecified atom stereocenters. The van der Waals surface area contributed by atoms with Crippen LogP contribution in [0, 0.1) is 5.92 Å². The second-order valence-electron chi connectivity index (χ2n) is 7.81. The number of likely N-dealkylation sites (tertiary alicyclic amines) is 1. The average molecular weight is 371 g/mol. The Kier molecular flexibility index (Phi) is 5.39. The van der Waals surface area contributed by atoms with Crippen LogP contribution in [0.2, 0.25) is 0 Å². The van der Waals surface area contributed by atoms with Crippen LogP contribution >= 0.6 is 0 Å². The first-order valence-electron chi connectivity index (χ1n) is 9.57. The van der Waals surface area contributed by atoms with Gasteiger partial charge in [-0.25, -0.2) is 9.78 Å². The predicted molar refractivity (Wildman–Crippen MR) is 105 cm³/mol. The summed E-state index contributed by atoms with van der Waals surface area (Å²) >= 11 is 0. The number of rotatable bonds is 4. The third-order valence-electron chi connectivity index (χ3n) is 5.33. The highest BCUT2D eigenvalue weighted by atomic mass is 16.2. The summed E-state index contributed by atoms with van der Waals surface area (Å²) < 4.78 is 1.95. The summed E-state index contributed by atoms with van der Waals surface area (Å²) in [5, 5.41) is 3.04. The number of imidazole rings is 1. The lowest BCUT2D eigenvalue weighted by Gasteiger charge is -2.27. The number of amides is 3. The van der Waals surface area contributed by atoms with Crippen LogP contribution in [0.1, 0.15) is 56.0 Å². The third-order valence-corrected chi connectivity index (χ3v) is 5.33. The minimum atomic E-state index is -0.172. The molecule has 146 valence electrons. The maximum Gasteiger partial charge on any atom is 0.320 e. The lowest BCUT2D eigenvalue weighted by Crippen LogP contribution is -2.39. The number of carbonyl (C=O) groups excluding carboxylic acids is 2. The van der Waals surface area contributed by atoms with Gasteiger partial charge in [0.05, 0.1) is 11.6 Å². The lowest BCUT2D eigenvalue weighted by molar-refractivity contribution is 0.0927. The lowest BCUT2D eigenvalue weighted by atomic mass is 10.1. The summed E-state index contributed by atoms with van der Waals surface area (Å²) in [7, 11) is 3.52. The van der Waals surface area contributed by atoms with Crippen molar-refractivity contribution in [2.45, 2.75) is 45.7 Å². The average Bonchev–Trinajstić information content (AvgIpc) is 3.25. The fourth-order valence-electron chi connectivity index (χ4n) is 3.43. The molecule has 0 radical (unpaired) electrons. The zero-order valence-corrected chi connectivity index (χ0v) is 16.8. The van der Waals surface area contributed by atoms with Crippen LogP contribution in [0.3, 0.4) is 0 Å². The van der Waals surface area contributed by atoms with E-state index in [1.165, 1.54) is 0 Å². The molecule has 1 aliphatic rings. The monoisotopic (exact) mass is 371 g/mol. The van der Waals surface area contributed by atoms with Gasteiger partial charge in [-0.1, -0.05) is 19.9 Å². The maximum atomic E-state index is 12.8. The highest BCUT2D eigenvalue weighted by molar-refractivity contribution is 5.99. The number of nitrogens with one attached hydrogen (secondary N) is 1. The smallest absolute Gasteiger partial charge is 0.320 e. The molecular weight excluding hydrogens is 342 g/mol.